The number of halogens is 3. The number of hydrogen-bond acceptors (Lipinski definition) is 16. The maximum absolute atomic E-state index is 13.9. The Hall–Kier alpha value is -4.02. The fourth-order valence-corrected chi connectivity index (χ4v) is 38.1. The fraction of sp³-hybridized carbons (Fsp3) is 0.958. The number of carboxylic acids is 1. The van der Waals surface area contributed by atoms with Crippen LogP contribution >= 0.6 is 0 Å². The van der Waals surface area contributed by atoms with Crippen LogP contribution in [-0.2, 0) is 42.7 Å². The van der Waals surface area contributed by atoms with E-state index in [-0.39, 0.29) is 47.6 Å². The molecule has 23 nitrogen and oxygen atoms in total. The van der Waals surface area contributed by atoms with Gasteiger partial charge in [-0.3, -0.25) is 0 Å². The van der Waals surface area contributed by atoms with Crippen LogP contribution in [0.3, 0.4) is 0 Å². The number of rotatable bonds is 13. The van der Waals surface area contributed by atoms with Gasteiger partial charge >= 0.3 is 36.4 Å². The molecule has 6 amide bonds. The maximum atomic E-state index is 13.9. The molecule has 21 rings (SSSR count). The molecule has 6 saturated heterocycles. The van der Waals surface area contributed by atoms with Gasteiger partial charge in [-0.15, -0.1) is 0 Å². The van der Waals surface area contributed by atoms with Crippen molar-refractivity contribution in [1.29, 1.82) is 0 Å². The zero-order valence-corrected chi connectivity index (χ0v) is 93.4. The quantitative estimate of drug-likeness (QED) is 0.0795. The monoisotopic (exact) mass is 2040 g/mol. The van der Waals surface area contributed by atoms with Gasteiger partial charge in [0.2, 0.25) is 0 Å². The highest BCUT2D eigenvalue weighted by molar-refractivity contribution is 5.76. The van der Waals surface area contributed by atoms with Crippen molar-refractivity contribution in [3.05, 3.63) is 0 Å². The number of alkyl halides is 3. The Balaban J connectivity index is 0.000000136. The Bertz CT molecular complexity index is 4300. The molecule has 0 aromatic carbocycles. The number of urea groups is 2. The molecule has 15 aliphatic carbocycles. The highest BCUT2D eigenvalue weighted by Crippen LogP contribution is 2.76. The Kier molecular flexibility index (Phi) is 34.5. The van der Waals surface area contributed by atoms with Crippen molar-refractivity contribution in [2.75, 3.05) is 59.1 Å². The second-order valence-corrected chi connectivity index (χ2v) is 56.1. The van der Waals surface area contributed by atoms with Gasteiger partial charge in [0, 0.05) is 113 Å². The zero-order valence-electron chi connectivity index (χ0n) is 93.4. The van der Waals surface area contributed by atoms with E-state index in [0.717, 1.165) is 162 Å². The summed E-state index contributed by atoms with van der Waals surface area (Å²) >= 11 is 0. The molecule has 3 spiro atoms. The lowest BCUT2D eigenvalue weighted by Gasteiger charge is -2.61. The number of fused-ring (bicyclic) bond motifs is 21. The minimum Gasteiger partial charge on any atom is -0.475 e. The van der Waals surface area contributed by atoms with Gasteiger partial charge in [-0.05, 0) is 392 Å². The van der Waals surface area contributed by atoms with Crippen molar-refractivity contribution < 1.29 is 80.1 Å². The third-order valence-corrected chi connectivity index (χ3v) is 45.5. The van der Waals surface area contributed by atoms with Gasteiger partial charge in [0.25, 0.3) is 0 Å². The van der Waals surface area contributed by atoms with Crippen molar-refractivity contribution in [2.24, 2.45) is 168 Å². The molecule has 0 aromatic heterocycles. The first-order valence-electron chi connectivity index (χ1n) is 60.1. The molecule has 21 fully saturated rings. The number of alkyl carbamates (subject to hydrolysis) is 2. The molecule has 21 aliphatic rings. The van der Waals surface area contributed by atoms with Gasteiger partial charge < -0.3 is 90.9 Å². The summed E-state index contributed by atoms with van der Waals surface area (Å²) in [6.07, 6.45) is 51.8. The molecule has 15 saturated carbocycles. The van der Waals surface area contributed by atoms with E-state index in [2.05, 4.69) is 115 Å². The lowest BCUT2D eigenvalue weighted by Crippen LogP contribution is -2.57. The van der Waals surface area contributed by atoms with Crippen molar-refractivity contribution >= 4 is 30.2 Å². The molecule has 6 heterocycles. The molecule has 26 heteroatoms. The van der Waals surface area contributed by atoms with Crippen LogP contribution in [0.2, 0.25) is 0 Å². The summed E-state index contributed by atoms with van der Waals surface area (Å²) in [5.74, 6) is 11.6. The Labute approximate surface area is 872 Å². The normalized spacial score (nSPS) is 45.4. The van der Waals surface area contributed by atoms with Gasteiger partial charge in [0.05, 0.1) is 38.1 Å². The summed E-state index contributed by atoms with van der Waals surface area (Å²) in [5.41, 5.74) is 13.9. The molecule has 0 unspecified atom stereocenters. The standard InChI is InChI=1S/C41H69N3O5.C36H61N3O3.C27H45NO2.C13H26N2O2.C2HF3O2/c1-26-15-20-41(47-25-26)27(2)35-34(48-41)24-33-31-14-13-28-23-29(16-18-39(28,6)32(31)17-19-40(33,35)7)43-36(45)44(30-11-9-8-10-12-30)22-21-42-37(46)49-38(3,4)5;1-23-12-17-36(41-22-23)24(2)32-31(42-36)21-30-28-11-10-25-20-26(13-15-34(25,3)29(28)14-16-35(30,32)4)38-33(40)39(19-18-37)27-8-6-5-7-9-27;1-16-7-12-27(29-15-16)17(2)24-23(30-27)14-22-20-6-5-18-13-19(28)8-10-25(18,3)21(20)9-11-26(22,24)4;1-13(2,3)17-12(16)15-10-9-14-11-7-5-4-6-8-11;3-2(4,5)1(6)7/h26-35H,8-25H2,1-7H3,(H,42,46)(H,43,45);23-32H,5-22,37H2,1-4H3,(H,38,40);16-24H,5-15,28H2,1-4H3;11,14H,4-10H2,1-3H3,(H,15,16);(H,6,7)/t26-,27-,28+,29+,31+,32-,33-,34-,35-,39-,40-,41+;23-,24-,25+,26+,28+,29-,30-,31-,32-,34-,35-,36+;16-,17-,18+,19+,20+,21-,22-,23-,24-,25-,26-,27+;;/m000../s1. The lowest BCUT2D eigenvalue weighted by molar-refractivity contribution is -0.273. The van der Waals surface area contributed by atoms with Crippen LogP contribution in [-0.4, -0.2) is 194 Å². The van der Waals surface area contributed by atoms with Crippen molar-refractivity contribution in [3.63, 3.8) is 0 Å². The van der Waals surface area contributed by atoms with Crippen molar-refractivity contribution in [2.45, 2.75) is 503 Å². The van der Waals surface area contributed by atoms with Crippen LogP contribution in [0.5, 0.6) is 0 Å². The van der Waals surface area contributed by atoms with Crippen molar-refractivity contribution in [1.82, 2.24) is 36.4 Å². The summed E-state index contributed by atoms with van der Waals surface area (Å²) in [4.78, 5) is 64.2. The van der Waals surface area contributed by atoms with Crippen LogP contribution < -0.4 is 38.1 Å². The zero-order chi connectivity index (χ0) is 104. The van der Waals surface area contributed by atoms with E-state index in [9.17, 15) is 32.3 Å². The second-order valence-electron chi connectivity index (χ2n) is 56.1. The first-order chi connectivity index (χ1) is 68.6. The number of carbonyl (C=O) groups is 5. The predicted octanol–water partition coefficient (Wildman–Crippen LogP) is 24.6. The van der Waals surface area contributed by atoms with E-state index >= 15 is 0 Å². The van der Waals surface area contributed by atoms with Gasteiger partial charge in [-0.25, -0.2) is 24.0 Å². The number of amides is 6. The Morgan fingerprint density at radius 3 is 1.05 bits per heavy atom. The summed E-state index contributed by atoms with van der Waals surface area (Å²) in [7, 11) is 0. The lowest BCUT2D eigenvalue weighted by atomic mass is 9.44. The smallest absolute Gasteiger partial charge is 0.475 e. The predicted molar refractivity (Wildman–Crippen MR) is 561 cm³/mol. The molecule has 0 bridgehead atoms. The highest BCUT2D eigenvalue weighted by atomic mass is 19.4. The summed E-state index contributed by atoms with van der Waals surface area (Å²) in [6.45, 7) is 47.7. The number of carboxylic acid groups (broad SMARTS) is 1. The third-order valence-electron chi connectivity index (χ3n) is 45.5. The van der Waals surface area contributed by atoms with E-state index in [1.807, 2.05) is 46.4 Å². The second kappa shape index (κ2) is 44.7. The molecule has 0 radical (unpaired) electrons. The van der Waals surface area contributed by atoms with E-state index in [4.69, 9.17) is 59.3 Å². The minimum absolute atomic E-state index is 0.0643. The van der Waals surface area contributed by atoms with E-state index in [1.165, 1.54) is 218 Å². The van der Waals surface area contributed by atoms with Crippen LogP contribution in [0.25, 0.3) is 0 Å². The van der Waals surface area contributed by atoms with Gasteiger partial charge in [0.15, 0.2) is 17.4 Å². The first-order valence-corrected chi connectivity index (χ1v) is 60.1. The number of ether oxygens (including phenoxy) is 8. The van der Waals surface area contributed by atoms with Crippen LogP contribution in [0.4, 0.5) is 32.3 Å². The molecular weight excluding hydrogens is 1840 g/mol. The largest absolute Gasteiger partial charge is 0.490 e. The van der Waals surface area contributed by atoms with E-state index in [1.54, 1.807) is 0 Å². The molecule has 145 heavy (non-hydrogen) atoms. The number of aliphatic carboxylic acids is 1. The summed E-state index contributed by atoms with van der Waals surface area (Å²) in [5, 5.41) is 23.3. The minimum atomic E-state index is -5.08. The summed E-state index contributed by atoms with van der Waals surface area (Å²) in [6, 6.07) is 2.50. The van der Waals surface area contributed by atoms with Gasteiger partial charge in [-0.2, -0.15) is 13.2 Å². The van der Waals surface area contributed by atoms with E-state index < -0.39 is 29.4 Å². The molecule has 6 aliphatic heterocycles. The highest BCUT2D eigenvalue weighted by Gasteiger charge is 2.74. The molecule has 0 aromatic rings. The Morgan fingerprint density at radius 1 is 0.379 bits per heavy atom. The average Bonchev–Trinajstić information content (AvgIpc) is 1.54. The van der Waals surface area contributed by atoms with Crippen LogP contribution in [0.15, 0.2) is 0 Å². The van der Waals surface area contributed by atoms with Crippen molar-refractivity contribution in [3.8, 4) is 0 Å². The average molecular weight is 2040 g/mol. The number of nitrogens with zero attached hydrogens (tertiary/aromatic N) is 2. The third kappa shape index (κ3) is 23.1. The van der Waals surface area contributed by atoms with Gasteiger partial charge in [-0.1, -0.05) is 141 Å². The van der Waals surface area contributed by atoms with Crippen LogP contribution in [0.1, 0.15) is 414 Å². The molecule has 36 atom stereocenters. The first kappa shape index (κ1) is 112. The van der Waals surface area contributed by atoms with Gasteiger partial charge in [0.1, 0.15) is 11.2 Å². The molecular formula is C119H202F3N9O14. The summed E-state index contributed by atoms with van der Waals surface area (Å²) < 4.78 is 82.9. The SMILES string of the molecule is CC(C)(C)OC(=O)NCCNC1CCCCC1.C[C@H]1CC[C@@]2(OC1)O[C@H]1C[C@H]3[C@@H]4CC[C@@H]5C[C@H](N)CC[C@]5(C)[C@H]4CC[C@]3(C)[C@H]1[C@@H]2C.C[C@H]1CC[C@@]2(OC1)O[C@H]1C[C@H]3[C@@H]4CC[C@@H]5C[C@H](NC(=O)N(CCN)C6CCCCC6)CC[C@]5(C)[C@H]4CC[C@]3(C)[C@H]1[C@@H]2C.C[C@H]1CC[C@@]2(OC1)O[C@H]1C[C@H]3[C@@H]4CC[C@@H]5C[C@H](NC(=O)N(CCNC(=O)OC(C)(C)C)C6CCCCC6)CC[C@]5(C)[C@H]4CC[C@]3(C)[C@H]1[C@@H]2C.O=C(O)C(F)(F)F. The molecule has 828 valence electrons. The molecule has 10 N–H and O–H groups in total. The fourth-order valence-electron chi connectivity index (χ4n) is 38.1. The number of carbonyl (C=O) groups excluding carboxylic acids is 4. The number of hydrogen-bond donors (Lipinski definition) is 8. The van der Waals surface area contributed by atoms with E-state index in [0.29, 0.717) is 167 Å². The number of nitrogens with one attached hydrogen (secondary N) is 5. The number of nitrogens with two attached hydrogens (primary N) is 2. The van der Waals surface area contributed by atoms with Crippen LogP contribution in [0, 0.1) is 157 Å². The Morgan fingerprint density at radius 2 is 0.710 bits per heavy atom. The topological polar surface area (TPSA) is 298 Å². The maximum Gasteiger partial charge on any atom is 0.490 e.